The van der Waals surface area contributed by atoms with Crippen LogP contribution in [0.4, 0.5) is 5.69 Å². The molecule has 0 radical (unpaired) electrons. The summed E-state index contributed by atoms with van der Waals surface area (Å²) in [6, 6.07) is 14.8. The molecule has 2 aromatic carbocycles. The van der Waals surface area contributed by atoms with Gasteiger partial charge in [-0.3, -0.25) is 9.59 Å². The van der Waals surface area contributed by atoms with Crippen LogP contribution in [0.15, 0.2) is 60.0 Å². The fourth-order valence-electron chi connectivity index (χ4n) is 2.90. The van der Waals surface area contributed by atoms with Gasteiger partial charge in [0.1, 0.15) is 12.1 Å². The van der Waals surface area contributed by atoms with E-state index in [1.165, 1.54) is 11.8 Å². The molecule has 0 saturated carbocycles. The fraction of sp³-hybridized carbons (Fsp3) is 0.304. The maximum atomic E-state index is 12.5. The van der Waals surface area contributed by atoms with Gasteiger partial charge in [0.05, 0.1) is 11.9 Å². The molecule has 0 spiro atoms. The molecule has 1 heterocycles. The zero-order valence-corrected chi connectivity index (χ0v) is 19.2. The van der Waals surface area contributed by atoms with Gasteiger partial charge in [0.2, 0.25) is 5.91 Å². The number of rotatable bonds is 10. The number of benzene rings is 2. The average Bonchev–Trinajstić information content (AvgIpc) is 3.18. The van der Waals surface area contributed by atoms with Crippen molar-refractivity contribution in [3.8, 4) is 5.75 Å². The maximum Gasteiger partial charge on any atom is 0.251 e. The Morgan fingerprint density at radius 1 is 1.16 bits per heavy atom. The van der Waals surface area contributed by atoms with E-state index in [1.807, 2.05) is 45.2 Å². The third-order valence-electron chi connectivity index (χ3n) is 4.41. The highest BCUT2D eigenvalue weighted by atomic mass is 32.2. The largest absolute Gasteiger partial charge is 0.491 e. The lowest BCUT2D eigenvalue weighted by Crippen LogP contribution is -2.25. The summed E-state index contributed by atoms with van der Waals surface area (Å²) in [5.74, 6) is 0.667. The first kappa shape index (κ1) is 23.3. The van der Waals surface area contributed by atoms with Gasteiger partial charge in [0, 0.05) is 24.8 Å². The van der Waals surface area contributed by atoms with Gasteiger partial charge in [-0.25, -0.2) is 0 Å². The van der Waals surface area contributed by atoms with Crippen molar-refractivity contribution in [2.75, 3.05) is 17.6 Å². The molecule has 0 aliphatic rings. The number of aryl methyl sites for hydroxylation is 1. The first-order valence-electron chi connectivity index (χ1n) is 10.3. The van der Waals surface area contributed by atoms with Crippen molar-refractivity contribution in [1.82, 2.24) is 20.1 Å². The van der Waals surface area contributed by atoms with Crippen LogP contribution in [0.1, 0.15) is 29.8 Å². The van der Waals surface area contributed by atoms with Gasteiger partial charge < -0.3 is 19.9 Å². The topological polar surface area (TPSA) is 98.1 Å². The Morgan fingerprint density at radius 3 is 2.62 bits per heavy atom. The third-order valence-corrected chi connectivity index (χ3v) is 5.44. The number of anilines is 1. The second-order valence-corrected chi connectivity index (χ2v) is 8.40. The second kappa shape index (κ2) is 11.3. The van der Waals surface area contributed by atoms with E-state index in [2.05, 4.69) is 20.8 Å². The quantitative estimate of drug-likeness (QED) is 0.457. The van der Waals surface area contributed by atoms with Gasteiger partial charge in [-0.05, 0) is 56.2 Å². The minimum absolute atomic E-state index is 0.137. The van der Waals surface area contributed by atoms with Crippen molar-refractivity contribution in [3.05, 3.63) is 66.0 Å². The highest BCUT2D eigenvalue weighted by molar-refractivity contribution is 7.99. The molecular formula is C23H27N5O3S. The first-order chi connectivity index (χ1) is 15.4. The molecule has 2 amide bonds. The Labute approximate surface area is 191 Å². The smallest absolute Gasteiger partial charge is 0.251 e. The van der Waals surface area contributed by atoms with E-state index in [0.29, 0.717) is 29.4 Å². The molecule has 168 valence electrons. The Bertz CT molecular complexity index is 1050. The number of nitrogens with one attached hydrogen (secondary N) is 2. The summed E-state index contributed by atoms with van der Waals surface area (Å²) in [5.41, 5.74) is 2.18. The minimum atomic E-state index is -0.186. The van der Waals surface area contributed by atoms with Gasteiger partial charge >= 0.3 is 0 Å². The van der Waals surface area contributed by atoms with Crippen LogP contribution < -0.4 is 15.4 Å². The number of nitrogens with zero attached hydrogens (tertiary/aromatic N) is 3. The lowest BCUT2D eigenvalue weighted by molar-refractivity contribution is -0.113. The number of thioether (sulfide) groups is 1. The number of carbonyl (C=O) groups is 2. The van der Waals surface area contributed by atoms with Gasteiger partial charge in [-0.2, -0.15) is 0 Å². The van der Waals surface area contributed by atoms with Crippen molar-refractivity contribution in [3.63, 3.8) is 0 Å². The van der Waals surface area contributed by atoms with Crippen LogP contribution >= 0.6 is 11.8 Å². The number of hydrogen-bond acceptors (Lipinski definition) is 6. The Hall–Kier alpha value is -3.33. The van der Waals surface area contributed by atoms with E-state index in [0.717, 1.165) is 11.3 Å². The van der Waals surface area contributed by atoms with Crippen molar-refractivity contribution >= 4 is 29.3 Å². The zero-order chi connectivity index (χ0) is 22.9. The number of amides is 2. The molecule has 0 fully saturated rings. The Morgan fingerprint density at radius 2 is 1.94 bits per heavy atom. The molecule has 0 aliphatic carbocycles. The summed E-state index contributed by atoms with van der Waals surface area (Å²) < 4.78 is 7.39. The van der Waals surface area contributed by atoms with Crippen LogP contribution in [0.3, 0.4) is 0 Å². The van der Waals surface area contributed by atoms with Gasteiger partial charge in [0.25, 0.3) is 5.91 Å². The van der Waals surface area contributed by atoms with Gasteiger partial charge in [-0.1, -0.05) is 30.0 Å². The molecule has 3 rings (SSSR count). The summed E-state index contributed by atoms with van der Waals surface area (Å²) in [6.45, 7) is 4.49. The lowest BCUT2D eigenvalue weighted by Gasteiger charge is -2.11. The number of hydrogen-bond donors (Lipinski definition) is 2. The van der Waals surface area contributed by atoms with Crippen LogP contribution in [0, 0.1) is 0 Å². The van der Waals surface area contributed by atoms with Crippen LogP contribution in [-0.2, 0) is 18.3 Å². The monoisotopic (exact) mass is 453 g/mol. The standard InChI is InChI=1S/C23H27N5O3S/c1-16(2)31-20-9-7-17(8-10-20)11-12-24-22(30)18-5-4-6-19(13-18)26-21(29)14-32-23-27-25-15-28(23)3/h4-10,13,15-16H,11-12,14H2,1-3H3,(H,24,30)(H,26,29). The lowest BCUT2D eigenvalue weighted by atomic mass is 10.1. The number of ether oxygens (including phenoxy) is 1. The van der Waals surface area contributed by atoms with Crippen LogP contribution in [0.5, 0.6) is 5.75 Å². The van der Waals surface area contributed by atoms with E-state index < -0.39 is 0 Å². The van der Waals surface area contributed by atoms with Gasteiger partial charge in [-0.15, -0.1) is 10.2 Å². The molecule has 1 aromatic heterocycles. The molecule has 0 atom stereocenters. The van der Waals surface area contributed by atoms with Crippen LogP contribution in [0.25, 0.3) is 0 Å². The highest BCUT2D eigenvalue weighted by Gasteiger charge is 2.10. The number of carbonyl (C=O) groups excluding carboxylic acids is 2. The Kier molecular flexibility index (Phi) is 8.27. The van der Waals surface area contributed by atoms with Crippen molar-refractivity contribution in [2.24, 2.45) is 7.05 Å². The minimum Gasteiger partial charge on any atom is -0.491 e. The average molecular weight is 454 g/mol. The molecule has 32 heavy (non-hydrogen) atoms. The Balaban J connectivity index is 1.46. The van der Waals surface area contributed by atoms with Crippen molar-refractivity contribution in [2.45, 2.75) is 31.5 Å². The summed E-state index contributed by atoms with van der Waals surface area (Å²) in [7, 11) is 1.82. The molecule has 8 nitrogen and oxygen atoms in total. The predicted molar refractivity (Wildman–Crippen MR) is 125 cm³/mol. The molecule has 3 aromatic rings. The molecule has 9 heteroatoms. The molecule has 0 bridgehead atoms. The summed E-state index contributed by atoms with van der Waals surface area (Å²) in [5, 5.41) is 14.1. The second-order valence-electron chi connectivity index (χ2n) is 7.46. The summed E-state index contributed by atoms with van der Waals surface area (Å²) in [6.07, 6.45) is 2.43. The van der Waals surface area contributed by atoms with E-state index >= 15 is 0 Å². The molecule has 0 saturated heterocycles. The van der Waals surface area contributed by atoms with E-state index in [-0.39, 0.29) is 23.7 Å². The molecular weight excluding hydrogens is 426 g/mol. The summed E-state index contributed by atoms with van der Waals surface area (Å²) in [4.78, 5) is 24.7. The zero-order valence-electron chi connectivity index (χ0n) is 18.4. The highest BCUT2D eigenvalue weighted by Crippen LogP contribution is 2.16. The SMILES string of the molecule is CC(C)Oc1ccc(CCNC(=O)c2cccc(NC(=O)CSc3nncn3C)c2)cc1. The van der Waals surface area contributed by atoms with Crippen LogP contribution in [-0.4, -0.2) is 45.0 Å². The van der Waals surface area contributed by atoms with E-state index in [9.17, 15) is 9.59 Å². The van der Waals surface area contributed by atoms with E-state index in [1.54, 1.807) is 35.2 Å². The molecule has 0 aliphatic heterocycles. The maximum absolute atomic E-state index is 12.5. The predicted octanol–water partition coefficient (Wildman–Crippen LogP) is 3.31. The van der Waals surface area contributed by atoms with Gasteiger partial charge in [0.15, 0.2) is 5.16 Å². The normalized spacial score (nSPS) is 10.8. The fourth-order valence-corrected chi connectivity index (χ4v) is 3.59. The summed E-state index contributed by atoms with van der Waals surface area (Å²) >= 11 is 1.29. The number of aromatic nitrogens is 3. The molecule has 0 unspecified atom stereocenters. The van der Waals surface area contributed by atoms with Crippen molar-refractivity contribution < 1.29 is 14.3 Å². The van der Waals surface area contributed by atoms with Crippen molar-refractivity contribution in [1.29, 1.82) is 0 Å². The molecule has 2 N–H and O–H groups in total. The first-order valence-corrected chi connectivity index (χ1v) is 11.3. The van der Waals surface area contributed by atoms with E-state index in [4.69, 9.17) is 4.74 Å². The third kappa shape index (κ3) is 7.12. The van der Waals surface area contributed by atoms with Crippen LogP contribution in [0.2, 0.25) is 0 Å².